The number of allylic oxidation sites excluding steroid dienone is 3. The highest BCUT2D eigenvalue weighted by Crippen LogP contribution is 2.55. The summed E-state index contributed by atoms with van der Waals surface area (Å²) < 4.78 is 8.89. The first-order valence-corrected chi connectivity index (χ1v) is 19.0. The van der Waals surface area contributed by atoms with Gasteiger partial charge in [0.05, 0.1) is 22.4 Å². The number of aromatic nitrogens is 1. The Bertz CT molecular complexity index is 3030. The van der Waals surface area contributed by atoms with Crippen LogP contribution in [0.2, 0.25) is 0 Å². The van der Waals surface area contributed by atoms with Gasteiger partial charge in [0.1, 0.15) is 11.2 Å². The normalized spacial score (nSPS) is 14.7. The SMILES string of the molecule is CC1(C)c2ccccc2-c2cccc(N(C3=C(c4cccc5oc6ccccc6c45)CCC=C3)c3cccc4c3c3ccccc3n4-c3ccccc3)c21. The van der Waals surface area contributed by atoms with Gasteiger partial charge in [0.2, 0.25) is 0 Å². The van der Waals surface area contributed by atoms with Gasteiger partial charge in [0.15, 0.2) is 0 Å². The van der Waals surface area contributed by atoms with Crippen molar-refractivity contribution in [2.75, 3.05) is 4.90 Å². The molecule has 2 aliphatic carbocycles. The minimum atomic E-state index is -0.216. The van der Waals surface area contributed by atoms with Gasteiger partial charge in [-0.3, -0.25) is 0 Å². The highest BCUT2D eigenvalue weighted by molar-refractivity contribution is 6.17. The van der Waals surface area contributed by atoms with Gasteiger partial charge in [0, 0.05) is 38.3 Å². The van der Waals surface area contributed by atoms with Crippen molar-refractivity contribution in [2.24, 2.45) is 0 Å². The zero-order valence-electron chi connectivity index (χ0n) is 30.4. The summed E-state index contributed by atoms with van der Waals surface area (Å²) in [5.41, 5.74) is 16.6. The van der Waals surface area contributed by atoms with E-state index in [1.54, 1.807) is 0 Å². The molecule has 0 spiro atoms. The van der Waals surface area contributed by atoms with Crippen LogP contribution in [-0.4, -0.2) is 4.57 Å². The number of anilines is 2. The van der Waals surface area contributed by atoms with Crippen molar-refractivity contribution >= 4 is 60.7 Å². The van der Waals surface area contributed by atoms with Crippen molar-refractivity contribution in [3.63, 3.8) is 0 Å². The molecular weight excluding hydrogens is 657 g/mol. The van der Waals surface area contributed by atoms with Crippen molar-refractivity contribution in [3.05, 3.63) is 192 Å². The van der Waals surface area contributed by atoms with Crippen LogP contribution in [0.4, 0.5) is 11.4 Å². The topological polar surface area (TPSA) is 21.3 Å². The van der Waals surface area contributed by atoms with E-state index in [-0.39, 0.29) is 5.41 Å². The Morgan fingerprint density at radius 1 is 0.556 bits per heavy atom. The first-order chi connectivity index (χ1) is 26.6. The second kappa shape index (κ2) is 11.7. The molecule has 0 bridgehead atoms. The van der Waals surface area contributed by atoms with Crippen molar-refractivity contribution in [1.82, 2.24) is 4.57 Å². The first-order valence-electron chi connectivity index (χ1n) is 19.0. The maximum absolute atomic E-state index is 6.47. The molecule has 258 valence electrons. The summed E-state index contributed by atoms with van der Waals surface area (Å²) in [6, 6.07) is 57.4. The Labute approximate surface area is 314 Å². The number of rotatable bonds is 5. The number of fused-ring (bicyclic) bond motifs is 9. The largest absolute Gasteiger partial charge is 0.456 e. The molecule has 0 unspecified atom stereocenters. The molecule has 11 rings (SSSR count). The molecule has 7 aromatic carbocycles. The number of nitrogens with zero attached hydrogens (tertiary/aromatic N) is 2. The third kappa shape index (κ3) is 4.36. The van der Waals surface area contributed by atoms with Crippen molar-refractivity contribution in [3.8, 4) is 16.8 Å². The molecule has 0 saturated carbocycles. The van der Waals surface area contributed by atoms with E-state index >= 15 is 0 Å². The van der Waals surface area contributed by atoms with Crippen LogP contribution in [-0.2, 0) is 5.41 Å². The number of hydrogen-bond donors (Lipinski definition) is 0. The minimum absolute atomic E-state index is 0.216. The predicted octanol–water partition coefficient (Wildman–Crippen LogP) is 13.9. The highest BCUT2D eigenvalue weighted by atomic mass is 16.3. The first kappa shape index (κ1) is 31.0. The summed E-state index contributed by atoms with van der Waals surface area (Å²) in [5.74, 6) is 0. The van der Waals surface area contributed by atoms with Crippen LogP contribution in [0.15, 0.2) is 180 Å². The summed E-state index contributed by atoms with van der Waals surface area (Å²) in [4.78, 5) is 2.60. The summed E-state index contributed by atoms with van der Waals surface area (Å²) in [6.07, 6.45) is 6.63. The van der Waals surface area contributed by atoms with Crippen molar-refractivity contribution < 1.29 is 4.42 Å². The van der Waals surface area contributed by atoms with E-state index in [2.05, 4.69) is 193 Å². The molecule has 9 aromatic rings. The Hall–Kier alpha value is -6.58. The standard InChI is InChI=1S/C51H38N2O/c1-51(2)40-25-10-6-19-34(40)37-24-14-30-45(50(37)51)53(41-26-11-7-20-35(41)36-23-15-32-47-48(36)39-22-9-13-31-46(39)54-47)44-29-16-28-43-49(44)38-21-8-12-27-42(38)52(43)33-17-4-3-5-18-33/h3-6,8-19,21-32H,7,20H2,1-2H3. The lowest BCUT2D eigenvalue weighted by Crippen LogP contribution is -2.24. The van der Waals surface area contributed by atoms with Crippen LogP contribution < -0.4 is 4.90 Å². The number of hydrogen-bond acceptors (Lipinski definition) is 2. The van der Waals surface area contributed by atoms with E-state index in [1.807, 2.05) is 0 Å². The molecule has 3 nitrogen and oxygen atoms in total. The maximum atomic E-state index is 6.47. The lowest BCUT2D eigenvalue weighted by atomic mass is 9.81. The number of furan rings is 1. The molecule has 2 aliphatic rings. The Morgan fingerprint density at radius 3 is 2.13 bits per heavy atom. The van der Waals surface area contributed by atoms with Crippen LogP contribution in [0.3, 0.4) is 0 Å². The van der Waals surface area contributed by atoms with Crippen LogP contribution in [0.5, 0.6) is 0 Å². The van der Waals surface area contributed by atoms with E-state index < -0.39 is 0 Å². The lowest BCUT2D eigenvalue weighted by molar-refractivity contribution is 0.660. The molecule has 0 fully saturated rings. The molecular formula is C51H38N2O. The van der Waals surface area contributed by atoms with Gasteiger partial charge in [-0.1, -0.05) is 129 Å². The quantitative estimate of drug-likeness (QED) is 0.179. The molecule has 0 amide bonds. The molecule has 0 aliphatic heterocycles. The summed E-state index contributed by atoms with van der Waals surface area (Å²) in [6.45, 7) is 4.79. The van der Waals surface area contributed by atoms with Crippen LogP contribution in [0.1, 0.15) is 43.4 Å². The molecule has 2 aromatic heterocycles. The monoisotopic (exact) mass is 694 g/mol. The molecule has 0 radical (unpaired) electrons. The fourth-order valence-corrected chi connectivity index (χ4v) is 9.60. The smallest absolute Gasteiger partial charge is 0.136 e. The predicted molar refractivity (Wildman–Crippen MR) is 226 cm³/mol. The van der Waals surface area contributed by atoms with Gasteiger partial charge in [-0.25, -0.2) is 0 Å². The van der Waals surface area contributed by atoms with Gasteiger partial charge < -0.3 is 13.9 Å². The van der Waals surface area contributed by atoms with E-state index in [1.165, 1.54) is 77.7 Å². The molecule has 54 heavy (non-hydrogen) atoms. The maximum Gasteiger partial charge on any atom is 0.136 e. The zero-order valence-corrected chi connectivity index (χ0v) is 30.4. The minimum Gasteiger partial charge on any atom is -0.456 e. The molecule has 0 saturated heterocycles. The highest BCUT2D eigenvalue weighted by Gasteiger charge is 2.39. The van der Waals surface area contributed by atoms with Crippen molar-refractivity contribution in [1.29, 1.82) is 0 Å². The van der Waals surface area contributed by atoms with E-state index in [9.17, 15) is 0 Å². The van der Waals surface area contributed by atoms with Gasteiger partial charge in [-0.05, 0) is 101 Å². The Kier molecular flexibility index (Phi) is 6.72. The van der Waals surface area contributed by atoms with E-state index in [0.717, 1.165) is 35.1 Å². The van der Waals surface area contributed by atoms with Gasteiger partial charge in [0.25, 0.3) is 0 Å². The van der Waals surface area contributed by atoms with Gasteiger partial charge in [-0.15, -0.1) is 0 Å². The Morgan fingerprint density at radius 2 is 1.22 bits per heavy atom. The van der Waals surface area contributed by atoms with E-state index in [0.29, 0.717) is 0 Å². The summed E-state index contributed by atoms with van der Waals surface area (Å²) in [7, 11) is 0. The zero-order chi connectivity index (χ0) is 36.0. The summed E-state index contributed by atoms with van der Waals surface area (Å²) in [5, 5.41) is 4.81. The van der Waals surface area contributed by atoms with Crippen molar-refractivity contribution in [2.45, 2.75) is 32.1 Å². The molecule has 0 N–H and O–H groups in total. The second-order valence-corrected chi connectivity index (χ2v) is 15.1. The van der Waals surface area contributed by atoms with Gasteiger partial charge >= 0.3 is 0 Å². The summed E-state index contributed by atoms with van der Waals surface area (Å²) >= 11 is 0. The Balaban J connectivity index is 1.28. The lowest BCUT2D eigenvalue weighted by Gasteiger charge is -2.35. The molecule has 2 heterocycles. The third-order valence-electron chi connectivity index (χ3n) is 11.8. The molecule has 0 atom stereocenters. The fourth-order valence-electron chi connectivity index (χ4n) is 9.60. The van der Waals surface area contributed by atoms with Crippen LogP contribution in [0.25, 0.3) is 66.1 Å². The average Bonchev–Trinajstić information content (AvgIpc) is 3.85. The van der Waals surface area contributed by atoms with E-state index in [4.69, 9.17) is 4.42 Å². The van der Waals surface area contributed by atoms with Gasteiger partial charge in [-0.2, -0.15) is 0 Å². The fraction of sp³-hybridized carbons (Fsp3) is 0.0980. The van der Waals surface area contributed by atoms with Crippen LogP contribution >= 0.6 is 0 Å². The third-order valence-corrected chi connectivity index (χ3v) is 11.8. The van der Waals surface area contributed by atoms with Crippen LogP contribution in [0, 0.1) is 0 Å². The molecule has 3 heteroatoms. The second-order valence-electron chi connectivity index (χ2n) is 15.1. The number of benzene rings is 7. The number of para-hydroxylation sites is 3. The average molecular weight is 695 g/mol.